The smallest absolute Gasteiger partial charge is 0.212 e. The molecule has 0 unspecified atom stereocenters. The molecule has 0 aromatic carbocycles. The summed E-state index contributed by atoms with van der Waals surface area (Å²) >= 11 is 0. The van der Waals surface area contributed by atoms with Gasteiger partial charge in [0, 0.05) is 23.9 Å². The average molecular weight is 334 g/mol. The van der Waals surface area contributed by atoms with E-state index < -0.39 is 5.95 Å². The normalized spacial score (nSPS) is 14.3. The van der Waals surface area contributed by atoms with Crippen LogP contribution in [-0.4, -0.2) is 29.4 Å². The van der Waals surface area contributed by atoms with Crippen LogP contribution in [0.1, 0.15) is 30.1 Å². The van der Waals surface area contributed by atoms with Crippen molar-refractivity contribution >= 4 is 5.65 Å². The minimum Gasteiger partial charge on any atom is -0.306 e. The highest BCUT2D eigenvalue weighted by Crippen LogP contribution is 2.39. The summed E-state index contributed by atoms with van der Waals surface area (Å²) in [5.74, 6) is 0.107. The summed E-state index contributed by atoms with van der Waals surface area (Å²) in [5.41, 5.74) is 5.40. The summed E-state index contributed by atoms with van der Waals surface area (Å²) < 4.78 is 16.7. The largest absolute Gasteiger partial charge is 0.306 e. The Morgan fingerprint density at radius 3 is 2.76 bits per heavy atom. The van der Waals surface area contributed by atoms with Gasteiger partial charge in [0.15, 0.2) is 0 Å². The molecule has 1 aliphatic rings. The fourth-order valence-electron chi connectivity index (χ4n) is 3.06. The highest BCUT2D eigenvalue weighted by atomic mass is 19.1. The molecule has 0 N–H and O–H groups in total. The van der Waals surface area contributed by atoms with Crippen molar-refractivity contribution in [2.24, 2.45) is 0 Å². The lowest BCUT2D eigenvalue weighted by atomic mass is 10.2. The van der Waals surface area contributed by atoms with Crippen LogP contribution >= 0.6 is 0 Å². The summed E-state index contributed by atoms with van der Waals surface area (Å²) in [7, 11) is 0. The van der Waals surface area contributed by atoms with Crippen molar-refractivity contribution in [3.8, 4) is 16.9 Å². The number of imidazole rings is 1. The molecular formula is C18H15FN6. The maximum Gasteiger partial charge on any atom is 0.212 e. The highest BCUT2D eigenvalue weighted by molar-refractivity contribution is 5.63. The number of fused-ring (bicyclic) bond motifs is 1. The van der Waals surface area contributed by atoms with Gasteiger partial charge in [0.25, 0.3) is 0 Å². The van der Waals surface area contributed by atoms with Gasteiger partial charge in [0.1, 0.15) is 11.3 Å². The number of nitrogens with zero attached hydrogens (tertiary/aromatic N) is 6. The molecule has 0 atom stereocenters. The van der Waals surface area contributed by atoms with Gasteiger partial charge in [0.05, 0.1) is 23.3 Å². The van der Waals surface area contributed by atoms with E-state index in [-0.39, 0.29) is 0 Å². The number of aromatic nitrogens is 6. The van der Waals surface area contributed by atoms with Crippen molar-refractivity contribution in [2.75, 3.05) is 0 Å². The van der Waals surface area contributed by atoms with Gasteiger partial charge in [-0.2, -0.15) is 4.39 Å². The van der Waals surface area contributed by atoms with Gasteiger partial charge in [-0.25, -0.2) is 14.6 Å². The Morgan fingerprint density at radius 2 is 2.00 bits per heavy atom. The van der Waals surface area contributed by atoms with Gasteiger partial charge >= 0.3 is 0 Å². The van der Waals surface area contributed by atoms with Gasteiger partial charge < -0.3 is 4.40 Å². The first-order chi connectivity index (χ1) is 12.2. The lowest BCUT2D eigenvalue weighted by Gasteiger charge is -2.03. The van der Waals surface area contributed by atoms with Crippen LogP contribution in [0.3, 0.4) is 0 Å². The Kier molecular flexibility index (Phi) is 2.97. The molecule has 4 heterocycles. The zero-order valence-electron chi connectivity index (χ0n) is 13.6. The molecule has 0 bridgehead atoms. The van der Waals surface area contributed by atoms with Crippen molar-refractivity contribution in [3.05, 3.63) is 60.2 Å². The minimum atomic E-state index is -0.515. The Balaban J connectivity index is 1.56. The van der Waals surface area contributed by atoms with Crippen LogP contribution in [0, 0.1) is 12.9 Å². The molecule has 0 saturated heterocycles. The summed E-state index contributed by atoms with van der Waals surface area (Å²) in [5, 5.41) is 8.50. The van der Waals surface area contributed by atoms with E-state index >= 15 is 0 Å². The van der Waals surface area contributed by atoms with Crippen LogP contribution < -0.4 is 0 Å². The molecule has 124 valence electrons. The molecule has 7 heteroatoms. The fourth-order valence-corrected chi connectivity index (χ4v) is 3.06. The van der Waals surface area contributed by atoms with E-state index in [2.05, 4.69) is 26.5 Å². The van der Waals surface area contributed by atoms with Crippen molar-refractivity contribution < 1.29 is 4.39 Å². The molecule has 6 nitrogen and oxygen atoms in total. The standard InChI is InChI=1S/C18H15FN6/c1-11-18(22-23-25(11)14-5-6-16(19)20-8-14)13-4-7-17-21-15(12-2-3-12)10-24(17)9-13/h4-10,12H,2-3H2,1H3. The molecule has 1 fully saturated rings. The predicted molar refractivity (Wildman–Crippen MR) is 90.0 cm³/mol. The molecule has 0 aliphatic heterocycles. The van der Waals surface area contributed by atoms with E-state index in [4.69, 9.17) is 0 Å². The fraction of sp³-hybridized carbons (Fsp3) is 0.222. The van der Waals surface area contributed by atoms with Gasteiger partial charge in [-0.15, -0.1) is 5.10 Å². The molecular weight excluding hydrogens is 319 g/mol. The molecule has 25 heavy (non-hydrogen) atoms. The third-order valence-corrected chi connectivity index (χ3v) is 4.59. The van der Waals surface area contributed by atoms with Crippen LogP contribution in [0.25, 0.3) is 22.6 Å². The second-order valence-corrected chi connectivity index (χ2v) is 6.40. The van der Waals surface area contributed by atoms with Crippen molar-refractivity contribution in [1.29, 1.82) is 0 Å². The number of halogens is 1. The van der Waals surface area contributed by atoms with E-state index in [1.807, 2.05) is 29.7 Å². The summed E-state index contributed by atoms with van der Waals surface area (Å²) in [4.78, 5) is 8.35. The Morgan fingerprint density at radius 1 is 1.12 bits per heavy atom. The van der Waals surface area contributed by atoms with Crippen LogP contribution in [0.2, 0.25) is 0 Å². The number of pyridine rings is 2. The van der Waals surface area contributed by atoms with Gasteiger partial charge in [0.2, 0.25) is 5.95 Å². The number of hydrogen-bond acceptors (Lipinski definition) is 4. The predicted octanol–water partition coefficient (Wildman–Crippen LogP) is 3.30. The topological polar surface area (TPSA) is 60.9 Å². The van der Waals surface area contributed by atoms with E-state index in [0.29, 0.717) is 11.6 Å². The summed E-state index contributed by atoms with van der Waals surface area (Å²) in [6.07, 6.45) is 8.03. The van der Waals surface area contributed by atoms with Crippen LogP contribution in [0.4, 0.5) is 4.39 Å². The maximum absolute atomic E-state index is 13.0. The highest BCUT2D eigenvalue weighted by Gasteiger charge is 2.26. The zero-order valence-corrected chi connectivity index (χ0v) is 13.6. The van der Waals surface area contributed by atoms with Crippen LogP contribution in [0.15, 0.2) is 42.9 Å². The van der Waals surface area contributed by atoms with Gasteiger partial charge in [-0.1, -0.05) is 5.21 Å². The number of rotatable bonds is 3. The lowest BCUT2D eigenvalue weighted by molar-refractivity contribution is 0.582. The van der Waals surface area contributed by atoms with Crippen molar-refractivity contribution in [2.45, 2.75) is 25.7 Å². The van der Waals surface area contributed by atoms with E-state index in [1.54, 1.807) is 10.7 Å². The third-order valence-electron chi connectivity index (χ3n) is 4.59. The SMILES string of the molecule is Cc1c(-c2ccc3nc(C4CC4)cn3c2)nnn1-c1ccc(F)nc1. The molecule has 1 saturated carbocycles. The molecule has 4 aromatic rings. The Bertz CT molecular complexity index is 1070. The van der Waals surface area contributed by atoms with E-state index in [1.165, 1.54) is 25.1 Å². The first-order valence-corrected chi connectivity index (χ1v) is 8.22. The molecule has 5 rings (SSSR count). The van der Waals surface area contributed by atoms with E-state index in [0.717, 1.165) is 28.3 Å². The zero-order chi connectivity index (χ0) is 17.0. The van der Waals surface area contributed by atoms with Crippen LogP contribution in [0.5, 0.6) is 0 Å². The molecule has 0 radical (unpaired) electrons. The molecule has 0 amide bonds. The first-order valence-electron chi connectivity index (χ1n) is 8.22. The Hall–Kier alpha value is -3.09. The quantitative estimate of drug-likeness (QED) is 0.539. The maximum atomic E-state index is 13.0. The summed E-state index contributed by atoms with van der Waals surface area (Å²) in [6, 6.07) is 6.95. The second kappa shape index (κ2) is 5.20. The molecule has 1 aliphatic carbocycles. The third kappa shape index (κ3) is 2.39. The van der Waals surface area contributed by atoms with Gasteiger partial charge in [-0.3, -0.25) is 0 Å². The minimum absolute atomic E-state index is 0.515. The number of hydrogen-bond donors (Lipinski definition) is 0. The van der Waals surface area contributed by atoms with E-state index in [9.17, 15) is 4.39 Å². The lowest BCUT2D eigenvalue weighted by Crippen LogP contribution is -2.00. The molecule has 4 aromatic heterocycles. The average Bonchev–Trinajstić information content (AvgIpc) is 3.27. The monoisotopic (exact) mass is 334 g/mol. The second-order valence-electron chi connectivity index (χ2n) is 6.40. The van der Waals surface area contributed by atoms with Crippen molar-refractivity contribution in [1.82, 2.24) is 29.4 Å². The Labute approximate surface area is 143 Å². The van der Waals surface area contributed by atoms with Crippen molar-refractivity contribution in [3.63, 3.8) is 0 Å². The summed E-state index contributed by atoms with van der Waals surface area (Å²) in [6.45, 7) is 1.94. The first kappa shape index (κ1) is 14.3. The molecule has 0 spiro atoms. The van der Waals surface area contributed by atoms with Crippen LogP contribution in [-0.2, 0) is 0 Å². The van der Waals surface area contributed by atoms with Gasteiger partial charge in [-0.05, 0) is 44.0 Å².